The van der Waals surface area contributed by atoms with Crippen molar-refractivity contribution in [2.75, 3.05) is 13.2 Å². The van der Waals surface area contributed by atoms with Crippen LogP contribution in [-0.2, 0) is 13.1 Å². The number of benzene rings is 2. The Labute approximate surface area is 187 Å². The highest BCUT2D eigenvalue weighted by Gasteiger charge is 2.21. The van der Waals surface area contributed by atoms with Crippen molar-refractivity contribution in [1.82, 2.24) is 19.4 Å². The summed E-state index contributed by atoms with van der Waals surface area (Å²) >= 11 is 12.7. The predicted molar refractivity (Wildman–Crippen MR) is 117 cm³/mol. The lowest BCUT2D eigenvalue weighted by molar-refractivity contribution is 0.219. The highest BCUT2D eigenvalue weighted by Crippen LogP contribution is 2.35. The lowest BCUT2D eigenvalue weighted by atomic mass is 10.1. The van der Waals surface area contributed by atoms with Crippen molar-refractivity contribution in [3.05, 3.63) is 75.9 Å². The lowest BCUT2D eigenvalue weighted by Gasteiger charge is -2.20. The Morgan fingerprint density at radius 2 is 2.03 bits per heavy atom. The van der Waals surface area contributed by atoms with Gasteiger partial charge >= 0.3 is 6.01 Å². The van der Waals surface area contributed by atoms with E-state index >= 15 is 0 Å². The van der Waals surface area contributed by atoms with Gasteiger partial charge < -0.3 is 14.4 Å². The summed E-state index contributed by atoms with van der Waals surface area (Å²) in [5, 5.41) is 10.9. The van der Waals surface area contributed by atoms with E-state index < -0.39 is 0 Å². The average Bonchev–Trinajstić information content (AvgIpc) is 3.03. The molecule has 5 rings (SSSR count). The molecule has 6 nitrogen and oxygen atoms in total. The number of aromatic hydroxyl groups is 1. The second-order valence-electron chi connectivity index (χ2n) is 7.35. The Morgan fingerprint density at radius 3 is 2.87 bits per heavy atom. The van der Waals surface area contributed by atoms with Crippen molar-refractivity contribution in [3.8, 4) is 17.4 Å². The molecular weight excluding hydrogens is 442 g/mol. The van der Waals surface area contributed by atoms with Crippen LogP contribution in [0.3, 0.4) is 0 Å². The van der Waals surface area contributed by atoms with E-state index in [0.29, 0.717) is 42.6 Å². The van der Waals surface area contributed by atoms with Crippen LogP contribution in [0.1, 0.15) is 11.1 Å². The first-order valence-corrected chi connectivity index (χ1v) is 10.4. The van der Waals surface area contributed by atoms with Crippen molar-refractivity contribution < 1.29 is 14.2 Å². The molecule has 0 bridgehead atoms. The minimum Gasteiger partial charge on any atom is -0.490 e. The van der Waals surface area contributed by atoms with Crippen LogP contribution in [0.25, 0.3) is 16.6 Å². The Balaban J connectivity index is 1.49. The molecule has 1 aliphatic heterocycles. The predicted octanol–water partition coefficient (Wildman–Crippen LogP) is 4.97. The molecule has 0 spiro atoms. The Bertz CT molecular complexity index is 1290. The van der Waals surface area contributed by atoms with E-state index in [1.54, 1.807) is 6.07 Å². The first kappa shape index (κ1) is 20.1. The summed E-state index contributed by atoms with van der Waals surface area (Å²) in [6.07, 6.45) is 3.41. The molecule has 0 unspecified atom stereocenters. The van der Waals surface area contributed by atoms with E-state index in [1.165, 1.54) is 18.3 Å². The van der Waals surface area contributed by atoms with Gasteiger partial charge in [0.2, 0.25) is 0 Å². The molecule has 0 atom stereocenters. The Morgan fingerprint density at radius 1 is 1.16 bits per heavy atom. The molecule has 0 fully saturated rings. The van der Waals surface area contributed by atoms with Crippen molar-refractivity contribution in [1.29, 1.82) is 0 Å². The van der Waals surface area contributed by atoms with Crippen LogP contribution in [0.4, 0.5) is 4.39 Å². The van der Waals surface area contributed by atoms with E-state index in [4.69, 9.17) is 27.9 Å². The Kier molecular flexibility index (Phi) is 5.17. The molecular formula is C22H17Cl2FN4O2. The molecule has 158 valence electrons. The van der Waals surface area contributed by atoms with Crippen molar-refractivity contribution in [2.45, 2.75) is 13.1 Å². The first-order valence-electron chi connectivity index (χ1n) is 9.63. The third-order valence-corrected chi connectivity index (χ3v) is 5.88. The molecule has 2 aromatic carbocycles. The second-order valence-corrected chi connectivity index (χ2v) is 8.12. The minimum atomic E-state index is -0.353. The lowest BCUT2D eigenvalue weighted by Crippen LogP contribution is -2.25. The number of aromatic nitrogens is 3. The number of fused-ring (bicyclic) bond motifs is 2. The topological polar surface area (TPSA) is 63.4 Å². The van der Waals surface area contributed by atoms with Crippen LogP contribution in [0.2, 0.25) is 10.2 Å². The van der Waals surface area contributed by atoms with Gasteiger partial charge in [-0.1, -0.05) is 23.2 Å². The van der Waals surface area contributed by atoms with Crippen LogP contribution in [-0.4, -0.2) is 37.7 Å². The van der Waals surface area contributed by atoms with Crippen molar-refractivity contribution >= 4 is 34.1 Å². The van der Waals surface area contributed by atoms with Crippen LogP contribution >= 0.6 is 23.2 Å². The molecule has 3 heterocycles. The van der Waals surface area contributed by atoms with E-state index in [0.717, 1.165) is 22.2 Å². The van der Waals surface area contributed by atoms with Crippen LogP contribution in [0.5, 0.6) is 11.8 Å². The van der Waals surface area contributed by atoms with Gasteiger partial charge in [-0.2, -0.15) is 4.98 Å². The summed E-state index contributed by atoms with van der Waals surface area (Å²) in [6.45, 7) is 2.20. The summed E-state index contributed by atoms with van der Waals surface area (Å²) in [4.78, 5) is 9.78. The van der Waals surface area contributed by atoms with E-state index in [9.17, 15) is 9.50 Å². The molecule has 1 aliphatic rings. The molecule has 4 aromatic rings. The zero-order valence-corrected chi connectivity index (χ0v) is 17.7. The monoisotopic (exact) mass is 458 g/mol. The third kappa shape index (κ3) is 3.92. The number of rotatable bonds is 3. The molecule has 0 aliphatic carbocycles. The van der Waals surface area contributed by atoms with E-state index in [-0.39, 0.29) is 17.0 Å². The standard InChI is InChI=1S/C22H17Cl2FN4O2/c23-18-9-17(29-4-3-13-7-16(25)1-2-19(13)29)8-14-11-28(5-6-31-20(14)18)12-15-10-26-22(30)27-21(15)24/h1-4,7-10H,5-6,11-12H2,(H,26,27,30). The van der Waals surface area contributed by atoms with Crippen LogP contribution in [0, 0.1) is 5.82 Å². The maximum Gasteiger partial charge on any atom is 0.315 e. The number of hydrogen-bond acceptors (Lipinski definition) is 5. The average molecular weight is 459 g/mol. The molecule has 0 radical (unpaired) electrons. The normalized spacial score (nSPS) is 14.3. The summed E-state index contributed by atoms with van der Waals surface area (Å²) in [5.74, 6) is 0.384. The smallest absolute Gasteiger partial charge is 0.315 e. The van der Waals surface area contributed by atoms with Crippen molar-refractivity contribution in [2.24, 2.45) is 0 Å². The minimum absolute atomic E-state index is 0.218. The zero-order chi connectivity index (χ0) is 21.5. The van der Waals surface area contributed by atoms with Crippen molar-refractivity contribution in [3.63, 3.8) is 0 Å². The zero-order valence-electron chi connectivity index (χ0n) is 16.2. The highest BCUT2D eigenvalue weighted by atomic mass is 35.5. The quantitative estimate of drug-likeness (QED) is 0.439. The number of nitrogens with zero attached hydrogens (tertiary/aromatic N) is 4. The summed E-state index contributed by atoms with van der Waals surface area (Å²) in [6, 6.07) is 10.1. The summed E-state index contributed by atoms with van der Waals surface area (Å²) in [5.41, 5.74) is 3.39. The maximum atomic E-state index is 13.6. The van der Waals surface area contributed by atoms with Gasteiger partial charge in [0.1, 0.15) is 23.3 Å². The first-order chi connectivity index (χ1) is 15.0. The number of halogens is 3. The van der Waals surface area contributed by atoms with Gasteiger partial charge in [0.25, 0.3) is 0 Å². The van der Waals surface area contributed by atoms with Gasteiger partial charge in [0.05, 0.1) is 10.5 Å². The van der Waals surface area contributed by atoms with Gasteiger partial charge in [-0.3, -0.25) is 4.90 Å². The maximum absolute atomic E-state index is 13.6. The Hall–Kier alpha value is -2.87. The van der Waals surface area contributed by atoms with Gasteiger partial charge in [0, 0.05) is 54.2 Å². The molecule has 0 saturated heterocycles. The number of hydrogen-bond donors (Lipinski definition) is 1. The second kappa shape index (κ2) is 8.00. The third-order valence-electron chi connectivity index (χ3n) is 5.28. The summed E-state index contributed by atoms with van der Waals surface area (Å²) in [7, 11) is 0. The van der Waals surface area contributed by atoms with Gasteiger partial charge in [0.15, 0.2) is 0 Å². The highest BCUT2D eigenvalue weighted by molar-refractivity contribution is 6.32. The fraction of sp³-hybridized carbons (Fsp3) is 0.182. The summed E-state index contributed by atoms with van der Waals surface area (Å²) < 4.78 is 21.5. The fourth-order valence-corrected chi connectivity index (χ4v) is 4.32. The van der Waals surface area contributed by atoms with Gasteiger partial charge in [-0.25, -0.2) is 9.37 Å². The molecule has 31 heavy (non-hydrogen) atoms. The fourth-order valence-electron chi connectivity index (χ4n) is 3.85. The largest absolute Gasteiger partial charge is 0.490 e. The SMILES string of the molecule is Oc1ncc(CN2CCOc3c(Cl)cc(-n4ccc5cc(F)ccc54)cc3C2)c(Cl)n1. The van der Waals surface area contributed by atoms with Crippen LogP contribution in [0.15, 0.2) is 48.8 Å². The molecule has 9 heteroatoms. The molecule has 1 N–H and O–H groups in total. The molecule has 2 aromatic heterocycles. The number of ether oxygens (including phenoxy) is 1. The van der Waals surface area contributed by atoms with Gasteiger partial charge in [-0.05, 0) is 36.4 Å². The molecule has 0 saturated carbocycles. The van der Waals surface area contributed by atoms with Crippen LogP contribution < -0.4 is 4.74 Å². The van der Waals surface area contributed by atoms with E-state index in [1.807, 2.05) is 29.0 Å². The van der Waals surface area contributed by atoms with E-state index in [2.05, 4.69) is 14.9 Å². The van der Waals surface area contributed by atoms with Gasteiger partial charge in [-0.15, -0.1) is 0 Å². The molecule has 0 amide bonds.